The van der Waals surface area contributed by atoms with Gasteiger partial charge in [-0.25, -0.2) is 9.37 Å². The fourth-order valence-corrected chi connectivity index (χ4v) is 3.55. The van der Waals surface area contributed by atoms with Gasteiger partial charge in [-0.2, -0.15) is 0 Å². The Balaban J connectivity index is 1.55. The van der Waals surface area contributed by atoms with E-state index in [0.717, 1.165) is 36.7 Å². The van der Waals surface area contributed by atoms with Gasteiger partial charge in [0.25, 0.3) is 0 Å². The molecule has 1 aromatic heterocycles. The SMILES string of the molecule is Nc1ccc2nc(-c3ccc(NC(=O)C4CCCCC4)cc3F)[nH]c2c1. The molecule has 0 unspecified atom stereocenters. The van der Waals surface area contributed by atoms with Gasteiger partial charge >= 0.3 is 0 Å². The van der Waals surface area contributed by atoms with Crippen molar-refractivity contribution >= 4 is 28.3 Å². The molecule has 1 fully saturated rings. The van der Waals surface area contributed by atoms with Crippen molar-refractivity contribution in [3.63, 3.8) is 0 Å². The van der Waals surface area contributed by atoms with Crippen molar-refractivity contribution in [2.75, 3.05) is 11.1 Å². The zero-order valence-electron chi connectivity index (χ0n) is 14.4. The quantitative estimate of drug-likeness (QED) is 0.608. The average Bonchev–Trinajstić information content (AvgIpc) is 3.05. The molecule has 5 nitrogen and oxygen atoms in total. The Labute approximate surface area is 150 Å². The molecule has 1 heterocycles. The molecule has 1 aliphatic carbocycles. The number of benzene rings is 2. The first kappa shape index (κ1) is 16.6. The minimum Gasteiger partial charge on any atom is -0.399 e. The Morgan fingerprint density at radius 2 is 1.96 bits per heavy atom. The molecule has 26 heavy (non-hydrogen) atoms. The lowest BCUT2D eigenvalue weighted by molar-refractivity contribution is -0.120. The molecule has 0 bridgehead atoms. The maximum absolute atomic E-state index is 14.6. The summed E-state index contributed by atoms with van der Waals surface area (Å²) in [7, 11) is 0. The second kappa shape index (κ2) is 6.78. The van der Waals surface area contributed by atoms with Gasteiger partial charge in [0.1, 0.15) is 11.6 Å². The first-order chi connectivity index (χ1) is 12.6. The highest BCUT2D eigenvalue weighted by Crippen LogP contribution is 2.28. The van der Waals surface area contributed by atoms with Crippen LogP contribution < -0.4 is 11.1 Å². The monoisotopic (exact) mass is 352 g/mol. The highest BCUT2D eigenvalue weighted by molar-refractivity contribution is 5.93. The van der Waals surface area contributed by atoms with Crippen LogP contribution in [0.1, 0.15) is 32.1 Å². The van der Waals surface area contributed by atoms with Gasteiger partial charge in [0.2, 0.25) is 5.91 Å². The zero-order valence-corrected chi connectivity index (χ0v) is 14.4. The maximum atomic E-state index is 14.6. The molecule has 0 atom stereocenters. The van der Waals surface area contributed by atoms with E-state index < -0.39 is 5.82 Å². The van der Waals surface area contributed by atoms with Gasteiger partial charge in [0.15, 0.2) is 0 Å². The third-order valence-corrected chi connectivity index (χ3v) is 4.97. The first-order valence-corrected chi connectivity index (χ1v) is 8.96. The molecule has 0 radical (unpaired) electrons. The van der Waals surface area contributed by atoms with Crippen LogP contribution in [0.4, 0.5) is 15.8 Å². The van der Waals surface area contributed by atoms with E-state index in [1.807, 2.05) is 0 Å². The number of hydrogen-bond acceptors (Lipinski definition) is 3. The molecular weight excluding hydrogens is 331 g/mol. The van der Waals surface area contributed by atoms with Crippen LogP contribution in [0.25, 0.3) is 22.4 Å². The minimum absolute atomic E-state index is 0.0175. The zero-order chi connectivity index (χ0) is 18.1. The number of H-pyrrole nitrogens is 1. The number of fused-ring (bicyclic) bond motifs is 1. The highest BCUT2D eigenvalue weighted by Gasteiger charge is 2.21. The number of carbonyl (C=O) groups excluding carboxylic acids is 1. The molecule has 1 saturated carbocycles. The van der Waals surface area contributed by atoms with E-state index in [1.165, 1.54) is 12.5 Å². The lowest BCUT2D eigenvalue weighted by atomic mass is 9.88. The number of aromatic amines is 1. The van der Waals surface area contributed by atoms with Crippen molar-refractivity contribution in [2.24, 2.45) is 5.92 Å². The Morgan fingerprint density at radius 1 is 1.15 bits per heavy atom. The summed E-state index contributed by atoms with van der Waals surface area (Å²) in [5.74, 6) is 0.0233. The standard InChI is InChI=1S/C20H21FN4O/c21-16-11-14(23-20(26)12-4-2-1-3-5-12)7-8-15(16)19-24-17-9-6-13(22)10-18(17)25-19/h6-12H,1-5,22H2,(H,23,26)(H,24,25). The molecule has 3 aromatic rings. The predicted octanol–water partition coefficient (Wildman–Crippen LogP) is 4.47. The van der Waals surface area contributed by atoms with Gasteiger partial charge in [0.05, 0.1) is 16.6 Å². The molecule has 0 aliphatic heterocycles. The molecule has 4 N–H and O–H groups in total. The largest absolute Gasteiger partial charge is 0.399 e. The Hall–Kier alpha value is -2.89. The fourth-order valence-electron chi connectivity index (χ4n) is 3.55. The Morgan fingerprint density at radius 3 is 2.73 bits per heavy atom. The molecule has 0 saturated heterocycles. The number of nitrogens with two attached hydrogens (primary N) is 1. The minimum atomic E-state index is -0.432. The van der Waals surface area contributed by atoms with Crippen molar-refractivity contribution < 1.29 is 9.18 Å². The summed E-state index contributed by atoms with van der Waals surface area (Å²) in [6.07, 6.45) is 5.18. The van der Waals surface area contributed by atoms with Crippen LogP contribution in [0.3, 0.4) is 0 Å². The second-order valence-electron chi connectivity index (χ2n) is 6.88. The number of nitrogens with zero attached hydrogens (tertiary/aromatic N) is 1. The smallest absolute Gasteiger partial charge is 0.227 e. The summed E-state index contributed by atoms with van der Waals surface area (Å²) >= 11 is 0. The van der Waals surface area contributed by atoms with E-state index >= 15 is 0 Å². The van der Waals surface area contributed by atoms with Crippen LogP contribution in [-0.2, 0) is 4.79 Å². The molecule has 134 valence electrons. The Kier molecular flexibility index (Phi) is 4.32. The van der Waals surface area contributed by atoms with Gasteiger partial charge in [-0.05, 0) is 49.2 Å². The summed E-state index contributed by atoms with van der Waals surface area (Å²) < 4.78 is 14.6. The summed E-state index contributed by atoms with van der Waals surface area (Å²) in [6, 6.07) is 10.0. The van der Waals surface area contributed by atoms with Crippen LogP contribution in [0, 0.1) is 11.7 Å². The molecule has 1 aliphatic rings. The van der Waals surface area contributed by atoms with Gasteiger partial charge < -0.3 is 16.0 Å². The van der Waals surface area contributed by atoms with E-state index in [-0.39, 0.29) is 11.8 Å². The number of rotatable bonds is 3. The first-order valence-electron chi connectivity index (χ1n) is 8.96. The van der Waals surface area contributed by atoms with Gasteiger partial charge in [-0.15, -0.1) is 0 Å². The van der Waals surface area contributed by atoms with Crippen molar-refractivity contribution in [2.45, 2.75) is 32.1 Å². The van der Waals surface area contributed by atoms with E-state index in [9.17, 15) is 9.18 Å². The molecule has 2 aromatic carbocycles. The fraction of sp³-hybridized carbons (Fsp3) is 0.300. The lowest BCUT2D eigenvalue weighted by Crippen LogP contribution is -2.24. The van der Waals surface area contributed by atoms with E-state index in [2.05, 4.69) is 15.3 Å². The van der Waals surface area contributed by atoms with E-state index in [4.69, 9.17) is 5.73 Å². The normalized spacial score (nSPS) is 15.3. The van der Waals surface area contributed by atoms with Crippen molar-refractivity contribution in [1.29, 1.82) is 0 Å². The van der Waals surface area contributed by atoms with Crippen LogP contribution in [0.2, 0.25) is 0 Å². The van der Waals surface area contributed by atoms with Crippen LogP contribution >= 0.6 is 0 Å². The highest BCUT2D eigenvalue weighted by atomic mass is 19.1. The summed E-state index contributed by atoms with van der Waals surface area (Å²) in [6.45, 7) is 0. The number of nitrogens with one attached hydrogen (secondary N) is 2. The lowest BCUT2D eigenvalue weighted by Gasteiger charge is -2.20. The van der Waals surface area contributed by atoms with Gasteiger partial charge in [-0.1, -0.05) is 19.3 Å². The summed E-state index contributed by atoms with van der Waals surface area (Å²) in [4.78, 5) is 19.8. The number of halogens is 1. The number of nitrogen functional groups attached to an aromatic ring is 1. The van der Waals surface area contributed by atoms with Crippen molar-refractivity contribution in [3.8, 4) is 11.4 Å². The number of aromatic nitrogens is 2. The number of amides is 1. The van der Waals surface area contributed by atoms with E-state index in [0.29, 0.717) is 22.8 Å². The third kappa shape index (κ3) is 3.27. The molecule has 0 spiro atoms. The second-order valence-corrected chi connectivity index (χ2v) is 6.88. The van der Waals surface area contributed by atoms with Crippen molar-refractivity contribution in [1.82, 2.24) is 9.97 Å². The maximum Gasteiger partial charge on any atom is 0.227 e. The van der Waals surface area contributed by atoms with Gasteiger partial charge in [0, 0.05) is 17.3 Å². The Bertz CT molecular complexity index is 960. The number of hydrogen-bond donors (Lipinski definition) is 3. The predicted molar refractivity (Wildman–Crippen MR) is 101 cm³/mol. The van der Waals surface area contributed by atoms with E-state index in [1.54, 1.807) is 30.3 Å². The van der Waals surface area contributed by atoms with Crippen molar-refractivity contribution in [3.05, 3.63) is 42.2 Å². The molecular formula is C20H21FN4O. The van der Waals surface area contributed by atoms with Gasteiger partial charge in [-0.3, -0.25) is 4.79 Å². The average molecular weight is 352 g/mol. The topological polar surface area (TPSA) is 83.8 Å². The molecule has 4 rings (SSSR count). The molecule has 6 heteroatoms. The van der Waals surface area contributed by atoms with Crippen LogP contribution in [0.15, 0.2) is 36.4 Å². The number of anilines is 2. The van der Waals surface area contributed by atoms with Crippen LogP contribution in [0.5, 0.6) is 0 Å². The third-order valence-electron chi connectivity index (χ3n) is 4.97. The van der Waals surface area contributed by atoms with Crippen LogP contribution in [-0.4, -0.2) is 15.9 Å². The number of carbonyl (C=O) groups is 1. The summed E-state index contributed by atoms with van der Waals surface area (Å²) in [5, 5.41) is 2.84. The summed E-state index contributed by atoms with van der Waals surface area (Å²) in [5.41, 5.74) is 8.70. The molecule has 1 amide bonds. The number of imidazole rings is 1.